The molecule has 0 aromatic heterocycles. The second-order valence-corrected chi connectivity index (χ2v) is 4.84. The predicted octanol–water partition coefficient (Wildman–Crippen LogP) is 2.50. The molecule has 0 atom stereocenters. The highest BCUT2D eigenvalue weighted by molar-refractivity contribution is 6.07. The predicted molar refractivity (Wildman–Crippen MR) is 83.0 cm³/mol. The van der Waals surface area contributed by atoms with Gasteiger partial charge in [0, 0.05) is 5.56 Å². The molecular weight excluding hydrogens is 298 g/mol. The number of nitrogens with one attached hydrogen (secondary N) is 1. The van der Waals surface area contributed by atoms with Crippen molar-refractivity contribution in [3.8, 4) is 11.5 Å². The molecule has 2 aromatic carbocycles. The number of carbonyl (C=O) groups excluding carboxylic acids is 1. The van der Waals surface area contributed by atoms with E-state index in [9.17, 15) is 14.7 Å². The van der Waals surface area contributed by atoms with Crippen LogP contribution < -0.4 is 15.2 Å². The standard InChI is InChI=1S/C17H17NO5/c1-2-9-23-13-6-3-11(4-7-13)16(20)18-15-8-5-12(19)10-14(15)17(21)22/h3-8,10,19H,2,9H2,1H3,(H,18,20)(H,21,22)/p-1. The van der Waals surface area contributed by atoms with Gasteiger partial charge in [0.2, 0.25) is 0 Å². The Hall–Kier alpha value is -3.02. The number of hydrogen-bond acceptors (Lipinski definition) is 4. The van der Waals surface area contributed by atoms with Crippen LogP contribution in [0.15, 0.2) is 42.5 Å². The van der Waals surface area contributed by atoms with E-state index >= 15 is 0 Å². The Morgan fingerprint density at radius 3 is 2.48 bits per heavy atom. The summed E-state index contributed by atoms with van der Waals surface area (Å²) in [4.78, 5) is 23.3. The molecule has 6 nitrogen and oxygen atoms in total. The van der Waals surface area contributed by atoms with Gasteiger partial charge in [0.25, 0.3) is 5.91 Å². The first-order chi connectivity index (χ1) is 11.0. The van der Waals surface area contributed by atoms with Crippen LogP contribution in [0.25, 0.3) is 0 Å². The quantitative estimate of drug-likeness (QED) is 0.853. The molecule has 0 saturated heterocycles. The van der Waals surface area contributed by atoms with Crippen molar-refractivity contribution >= 4 is 17.6 Å². The lowest BCUT2D eigenvalue weighted by Crippen LogP contribution is -2.15. The van der Waals surface area contributed by atoms with Gasteiger partial charge in [-0.25, -0.2) is 4.79 Å². The zero-order valence-corrected chi connectivity index (χ0v) is 12.5. The van der Waals surface area contributed by atoms with Crippen LogP contribution in [0.1, 0.15) is 34.1 Å². The molecule has 120 valence electrons. The summed E-state index contributed by atoms with van der Waals surface area (Å²) in [6.45, 7) is 2.59. The number of amides is 1. The van der Waals surface area contributed by atoms with Crippen LogP contribution in [-0.2, 0) is 0 Å². The van der Waals surface area contributed by atoms with Gasteiger partial charge in [-0.15, -0.1) is 5.75 Å². The van der Waals surface area contributed by atoms with Crippen molar-refractivity contribution in [3.05, 3.63) is 53.6 Å². The second kappa shape index (κ2) is 7.31. The zero-order chi connectivity index (χ0) is 16.8. The lowest BCUT2D eigenvalue weighted by Gasteiger charge is -2.12. The van der Waals surface area contributed by atoms with Crippen molar-refractivity contribution in [2.24, 2.45) is 0 Å². The molecule has 0 bridgehead atoms. The summed E-state index contributed by atoms with van der Waals surface area (Å²) in [5.41, 5.74) is 0.193. The zero-order valence-electron chi connectivity index (χ0n) is 12.5. The summed E-state index contributed by atoms with van der Waals surface area (Å²) in [5.74, 6) is -1.52. The van der Waals surface area contributed by atoms with Crippen LogP contribution in [0.3, 0.4) is 0 Å². The third-order valence-electron chi connectivity index (χ3n) is 3.06. The fourth-order valence-corrected chi connectivity index (χ4v) is 1.93. The molecule has 0 spiro atoms. The molecule has 0 unspecified atom stereocenters. The molecule has 0 aliphatic rings. The van der Waals surface area contributed by atoms with Crippen LogP contribution in [0.2, 0.25) is 0 Å². The van der Waals surface area contributed by atoms with E-state index in [1.54, 1.807) is 24.3 Å². The van der Waals surface area contributed by atoms with Crippen LogP contribution >= 0.6 is 0 Å². The molecule has 2 rings (SSSR count). The van der Waals surface area contributed by atoms with Gasteiger partial charge in [0.05, 0.1) is 17.9 Å². The van der Waals surface area contributed by atoms with E-state index in [1.165, 1.54) is 12.1 Å². The highest BCUT2D eigenvalue weighted by Gasteiger charge is 2.13. The third-order valence-corrected chi connectivity index (χ3v) is 3.06. The normalized spacial score (nSPS) is 10.1. The number of rotatable bonds is 6. The summed E-state index contributed by atoms with van der Waals surface area (Å²) < 4.78 is 5.43. The van der Waals surface area contributed by atoms with Crippen LogP contribution in [0.4, 0.5) is 5.69 Å². The Balaban J connectivity index is 2.14. The van der Waals surface area contributed by atoms with E-state index in [-0.39, 0.29) is 11.3 Å². The monoisotopic (exact) mass is 314 g/mol. The number of aromatic carboxylic acids is 1. The second-order valence-electron chi connectivity index (χ2n) is 4.84. The molecule has 0 saturated carbocycles. The number of carboxylic acid groups (broad SMARTS) is 1. The first-order valence-electron chi connectivity index (χ1n) is 7.10. The van der Waals surface area contributed by atoms with Gasteiger partial charge in [-0.3, -0.25) is 4.79 Å². The van der Waals surface area contributed by atoms with Gasteiger partial charge in [-0.1, -0.05) is 19.1 Å². The minimum Gasteiger partial charge on any atom is -0.872 e. The number of anilines is 1. The van der Waals surface area contributed by atoms with Crippen molar-refractivity contribution in [2.45, 2.75) is 13.3 Å². The van der Waals surface area contributed by atoms with Crippen molar-refractivity contribution < 1.29 is 24.5 Å². The molecule has 0 fully saturated rings. The molecule has 0 heterocycles. The average Bonchev–Trinajstić information content (AvgIpc) is 2.54. The number of carbonyl (C=O) groups is 2. The van der Waals surface area contributed by atoms with Crippen molar-refractivity contribution in [3.63, 3.8) is 0 Å². The van der Waals surface area contributed by atoms with Gasteiger partial charge in [-0.2, -0.15) is 0 Å². The summed E-state index contributed by atoms with van der Waals surface area (Å²) >= 11 is 0. The maximum Gasteiger partial charge on any atom is 0.337 e. The van der Waals surface area contributed by atoms with E-state index in [4.69, 9.17) is 9.84 Å². The van der Waals surface area contributed by atoms with Gasteiger partial charge >= 0.3 is 5.97 Å². The van der Waals surface area contributed by atoms with Crippen LogP contribution in [0, 0.1) is 0 Å². The summed E-state index contributed by atoms with van der Waals surface area (Å²) in [5, 5.41) is 22.8. The molecule has 0 radical (unpaired) electrons. The first kappa shape index (κ1) is 16.4. The number of hydrogen-bond donors (Lipinski definition) is 2. The molecule has 2 N–H and O–H groups in total. The van der Waals surface area contributed by atoms with Crippen molar-refractivity contribution in [1.82, 2.24) is 0 Å². The Morgan fingerprint density at radius 1 is 1.17 bits per heavy atom. The Bertz CT molecular complexity index is 709. The molecule has 2 aromatic rings. The third kappa shape index (κ3) is 4.23. The molecule has 0 aliphatic heterocycles. The lowest BCUT2D eigenvalue weighted by atomic mass is 10.1. The first-order valence-corrected chi connectivity index (χ1v) is 7.10. The smallest absolute Gasteiger partial charge is 0.337 e. The van der Waals surface area contributed by atoms with E-state index in [1.807, 2.05) is 6.92 Å². The topological polar surface area (TPSA) is 98.7 Å². The molecule has 0 aliphatic carbocycles. The fourth-order valence-electron chi connectivity index (χ4n) is 1.93. The van der Waals surface area contributed by atoms with Gasteiger partial charge in [0.1, 0.15) is 5.75 Å². The van der Waals surface area contributed by atoms with Crippen LogP contribution in [0.5, 0.6) is 11.5 Å². The highest BCUT2D eigenvalue weighted by atomic mass is 16.5. The fraction of sp³-hybridized carbons (Fsp3) is 0.176. The van der Waals surface area contributed by atoms with E-state index in [2.05, 4.69) is 5.32 Å². The minimum absolute atomic E-state index is 0.0772. The summed E-state index contributed by atoms with van der Waals surface area (Å²) in [6, 6.07) is 9.96. The van der Waals surface area contributed by atoms with E-state index in [0.29, 0.717) is 17.9 Å². The van der Waals surface area contributed by atoms with Gasteiger partial charge in [0.15, 0.2) is 0 Å². The van der Waals surface area contributed by atoms with Gasteiger partial charge in [-0.05, 0) is 36.8 Å². The lowest BCUT2D eigenvalue weighted by molar-refractivity contribution is -0.268. The Labute approximate surface area is 133 Å². The Kier molecular flexibility index (Phi) is 5.19. The maximum absolute atomic E-state index is 12.2. The Morgan fingerprint density at radius 2 is 1.87 bits per heavy atom. The van der Waals surface area contributed by atoms with Gasteiger partial charge < -0.3 is 20.3 Å². The number of ether oxygens (including phenoxy) is 1. The average molecular weight is 314 g/mol. The molecular formula is C17H16NO5-. The molecule has 1 amide bonds. The molecule has 23 heavy (non-hydrogen) atoms. The van der Waals surface area contributed by atoms with Crippen LogP contribution in [-0.4, -0.2) is 23.6 Å². The maximum atomic E-state index is 12.2. The van der Waals surface area contributed by atoms with Crippen molar-refractivity contribution in [2.75, 3.05) is 11.9 Å². The summed E-state index contributed by atoms with van der Waals surface area (Å²) in [7, 11) is 0. The van der Waals surface area contributed by atoms with E-state index in [0.717, 1.165) is 12.5 Å². The minimum atomic E-state index is -1.28. The van der Waals surface area contributed by atoms with Crippen molar-refractivity contribution in [1.29, 1.82) is 0 Å². The largest absolute Gasteiger partial charge is 0.872 e. The highest BCUT2D eigenvalue weighted by Crippen LogP contribution is 2.21. The number of carboxylic acids is 1. The summed E-state index contributed by atoms with van der Waals surface area (Å²) in [6.07, 6.45) is 0.885. The number of benzene rings is 2. The SMILES string of the molecule is CCCOc1ccc(C(=O)Nc2ccc([O-])cc2C(=O)O)cc1. The van der Waals surface area contributed by atoms with E-state index < -0.39 is 17.6 Å². The molecule has 6 heteroatoms.